The van der Waals surface area contributed by atoms with E-state index < -0.39 is 11.9 Å². The summed E-state index contributed by atoms with van der Waals surface area (Å²) in [5.74, 6) is -1.06. The van der Waals surface area contributed by atoms with Crippen LogP contribution in [0.4, 0.5) is 5.00 Å². The molecule has 6 rings (SSSR count). The van der Waals surface area contributed by atoms with Crippen molar-refractivity contribution < 1.29 is 14.3 Å². The monoisotopic (exact) mass is 554 g/mol. The first-order valence-electron chi connectivity index (χ1n) is 13.1. The average Bonchev–Trinajstić information content (AvgIpc) is 3.33. The molecule has 5 heterocycles. The van der Waals surface area contributed by atoms with E-state index in [-0.39, 0.29) is 35.1 Å². The normalized spacial score (nSPS) is 12.8. The first-order chi connectivity index (χ1) is 19.5. The van der Waals surface area contributed by atoms with Crippen LogP contribution in [-0.2, 0) is 24.1 Å². The van der Waals surface area contributed by atoms with Gasteiger partial charge >= 0.3 is 5.97 Å². The van der Waals surface area contributed by atoms with Gasteiger partial charge in [-0.05, 0) is 74.1 Å². The molecule has 40 heavy (non-hydrogen) atoms. The largest absolute Gasteiger partial charge is 0.462 e. The molecule has 0 aliphatic heterocycles. The molecule has 0 fully saturated rings. The van der Waals surface area contributed by atoms with Crippen LogP contribution in [0, 0.1) is 5.41 Å². The molecule has 5 aromatic rings. The molecule has 0 saturated carbocycles. The van der Waals surface area contributed by atoms with Crippen molar-refractivity contribution in [3.63, 3.8) is 0 Å². The lowest BCUT2D eigenvalue weighted by molar-refractivity contribution is 0.0526. The van der Waals surface area contributed by atoms with Crippen molar-refractivity contribution in [1.82, 2.24) is 18.9 Å². The third-order valence-electron chi connectivity index (χ3n) is 7.03. The minimum atomic E-state index is -0.586. The molecule has 0 aromatic carbocycles. The number of hydrogen-bond acceptors (Lipinski definition) is 8. The Hall–Kier alpha value is -4.64. The number of pyridine rings is 3. The van der Waals surface area contributed by atoms with Gasteiger partial charge in [0.1, 0.15) is 21.8 Å². The number of carbonyl (C=O) groups is 2. The van der Waals surface area contributed by atoms with Gasteiger partial charge in [0.25, 0.3) is 11.5 Å². The van der Waals surface area contributed by atoms with Gasteiger partial charge in [0.15, 0.2) is 0 Å². The highest BCUT2D eigenvalue weighted by Gasteiger charge is 2.28. The fourth-order valence-corrected chi connectivity index (χ4v) is 6.40. The first kappa shape index (κ1) is 25.6. The second-order valence-electron chi connectivity index (χ2n) is 9.52. The minimum absolute atomic E-state index is 0.00230. The predicted octanol–water partition coefficient (Wildman–Crippen LogP) is 3.94. The van der Waals surface area contributed by atoms with Crippen LogP contribution in [0.2, 0.25) is 0 Å². The molecule has 0 radical (unpaired) electrons. The molecule has 0 unspecified atom stereocenters. The highest BCUT2D eigenvalue weighted by Crippen LogP contribution is 2.38. The minimum Gasteiger partial charge on any atom is -0.462 e. The topological polar surface area (TPSA) is 131 Å². The van der Waals surface area contributed by atoms with E-state index in [9.17, 15) is 14.4 Å². The van der Waals surface area contributed by atoms with Gasteiger partial charge in [-0.25, -0.2) is 9.78 Å². The van der Waals surface area contributed by atoms with Crippen molar-refractivity contribution in [2.45, 2.75) is 39.2 Å². The number of thiophene rings is 1. The lowest BCUT2D eigenvalue weighted by Crippen LogP contribution is -2.32. The summed E-state index contributed by atoms with van der Waals surface area (Å²) in [5, 5.41) is 12.5. The number of nitrogens with zero attached hydrogens (tertiary/aromatic N) is 4. The number of nitrogens with one attached hydrogen (secondary N) is 2. The summed E-state index contributed by atoms with van der Waals surface area (Å²) in [6.07, 6.45) is 8.47. The lowest BCUT2D eigenvalue weighted by Gasteiger charge is -2.15. The summed E-state index contributed by atoms with van der Waals surface area (Å²) < 4.78 is 8.29. The van der Waals surface area contributed by atoms with E-state index in [1.807, 2.05) is 0 Å². The molecular weight excluding hydrogens is 528 g/mol. The summed E-state index contributed by atoms with van der Waals surface area (Å²) in [4.78, 5) is 50.0. The molecule has 11 heteroatoms. The SMILES string of the molecule is CCOC(=O)c1c(NC(=O)c2cc3c(=O)n4ccccc4nc3n(Cc3ccncc3)c2=N)sc2c1CCCC2. The third-order valence-corrected chi connectivity index (χ3v) is 8.24. The average molecular weight is 555 g/mol. The molecule has 5 aromatic heterocycles. The molecule has 1 aliphatic carbocycles. The van der Waals surface area contributed by atoms with Crippen LogP contribution in [0.25, 0.3) is 16.7 Å². The number of aromatic nitrogens is 4. The van der Waals surface area contributed by atoms with Crippen molar-refractivity contribution in [3.8, 4) is 0 Å². The van der Waals surface area contributed by atoms with Crippen LogP contribution < -0.4 is 16.4 Å². The number of esters is 1. The Morgan fingerprint density at radius 3 is 2.75 bits per heavy atom. The molecular formula is C29H26N6O4S. The van der Waals surface area contributed by atoms with E-state index in [0.717, 1.165) is 41.7 Å². The fourth-order valence-electron chi connectivity index (χ4n) is 5.13. The van der Waals surface area contributed by atoms with Crippen molar-refractivity contribution in [2.75, 3.05) is 11.9 Å². The van der Waals surface area contributed by atoms with E-state index >= 15 is 0 Å². The van der Waals surface area contributed by atoms with Crippen molar-refractivity contribution in [3.05, 3.63) is 98.0 Å². The Morgan fingerprint density at radius 2 is 1.95 bits per heavy atom. The van der Waals surface area contributed by atoms with Crippen molar-refractivity contribution in [1.29, 1.82) is 5.41 Å². The second-order valence-corrected chi connectivity index (χ2v) is 10.6. The molecule has 0 spiro atoms. The van der Waals surface area contributed by atoms with E-state index in [4.69, 9.17) is 10.1 Å². The Bertz CT molecular complexity index is 1910. The number of anilines is 1. The highest BCUT2D eigenvalue weighted by molar-refractivity contribution is 7.17. The maximum absolute atomic E-state index is 13.8. The standard InChI is InChI=1S/C29H26N6O4S/c1-2-39-29(38)23-18-7-3-4-8-21(18)40-27(23)33-26(36)19-15-20-25(32-22-9-5-6-14-34(22)28(20)37)35(24(19)30)16-17-10-12-31-13-11-17/h5-6,9-15,30H,2-4,7-8,16H2,1H3,(H,33,36). The summed E-state index contributed by atoms with van der Waals surface area (Å²) in [7, 11) is 0. The number of rotatable bonds is 6. The van der Waals surface area contributed by atoms with E-state index in [1.54, 1.807) is 60.4 Å². The quantitative estimate of drug-likeness (QED) is 0.241. The van der Waals surface area contributed by atoms with Gasteiger partial charge in [0.2, 0.25) is 0 Å². The smallest absolute Gasteiger partial charge is 0.341 e. The van der Waals surface area contributed by atoms with Crippen LogP contribution in [0.3, 0.4) is 0 Å². The van der Waals surface area contributed by atoms with E-state index in [1.165, 1.54) is 21.8 Å². The van der Waals surface area contributed by atoms with Gasteiger partial charge in [-0.2, -0.15) is 0 Å². The fraction of sp³-hybridized carbons (Fsp3) is 0.241. The number of hydrogen-bond donors (Lipinski definition) is 2. The summed E-state index contributed by atoms with van der Waals surface area (Å²) in [6.45, 7) is 2.17. The van der Waals surface area contributed by atoms with Gasteiger partial charge in [0, 0.05) is 23.5 Å². The molecule has 2 N–H and O–H groups in total. The van der Waals surface area contributed by atoms with E-state index in [2.05, 4.69) is 15.3 Å². The third kappa shape index (κ3) is 4.47. The van der Waals surface area contributed by atoms with Gasteiger partial charge < -0.3 is 14.6 Å². The highest BCUT2D eigenvalue weighted by atomic mass is 32.1. The van der Waals surface area contributed by atoms with Crippen LogP contribution >= 0.6 is 11.3 Å². The molecule has 0 bridgehead atoms. The second kappa shape index (κ2) is 10.5. The summed E-state index contributed by atoms with van der Waals surface area (Å²) in [5.41, 5.74) is 2.42. The zero-order chi connectivity index (χ0) is 27.8. The number of amides is 1. The number of carbonyl (C=O) groups excluding carboxylic acids is 2. The molecule has 0 atom stereocenters. The Labute approximate surface area is 232 Å². The van der Waals surface area contributed by atoms with Crippen molar-refractivity contribution in [2.24, 2.45) is 0 Å². The van der Waals surface area contributed by atoms with Gasteiger partial charge in [-0.1, -0.05) is 6.07 Å². The van der Waals surface area contributed by atoms with Crippen LogP contribution in [-0.4, -0.2) is 37.4 Å². The Kier molecular flexibility index (Phi) is 6.72. The van der Waals surface area contributed by atoms with Crippen LogP contribution in [0.15, 0.2) is 59.8 Å². The van der Waals surface area contributed by atoms with E-state index in [0.29, 0.717) is 21.9 Å². The van der Waals surface area contributed by atoms with Crippen molar-refractivity contribution >= 4 is 44.9 Å². The zero-order valence-electron chi connectivity index (χ0n) is 21.8. The number of fused-ring (bicyclic) bond motifs is 3. The summed E-state index contributed by atoms with van der Waals surface area (Å²) >= 11 is 1.37. The molecule has 202 valence electrons. The van der Waals surface area contributed by atoms with Gasteiger partial charge in [-0.3, -0.25) is 24.4 Å². The Balaban J connectivity index is 1.51. The number of ether oxygens (including phenoxy) is 1. The Morgan fingerprint density at radius 1 is 1.15 bits per heavy atom. The molecule has 1 aliphatic rings. The molecule has 1 amide bonds. The van der Waals surface area contributed by atoms with Gasteiger partial charge in [-0.15, -0.1) is 11.3 Å². The lowest BCUT2D eigenvalue weighted by atomic mass is 9.95. The number of aryl methyl sites for hydroxylation is 1. The van der Waals surface area contributed by atoms with Crippen LogP contribution in [0.5, 0.6) is 0 Å². The van der Waals surface area contributed by atoms with Crippen LogP contribution in [0.1, 0.15) is 56.5 Å². The summed E-state index contributed by atoms with van der Waals surface area (Å²) in [6, 6.07) is 10.3. The van der Waals surface area contributed by atoms with Gasteiger partial charge in [0.05, 0.1) is 29.7 Å². The molecule has 10 nitrogen and oxygen atoms in total. The zero-order valence-corrected chi connectivity index (χ0v) is 22.6. The predicted molar refractivity (Wildman–Crippen MR) is 151 cm³/mol. The molecule has 0 saturated heterocycles. The maximum atomic E-state index is 13.8. The maximum Gasteiger partial charge on any atom is 0.341 e. The first-order valence-corrected chi connectivity index (χ1v) is 13.9.